The lowest BCUT2D eigenvalue weighted by Crippen LogP contribution is -2.24. The Morgan fingerprint density at radius 1 is 0.733 bits per heavy atom. The molecule has 30 heavy (non-hydrogen) atoms. The molecule has 0 aliphatic rings. The number of anilines is 2. The summed E-state index contributed by atoms with van der Waals surface area (Å²) in [4.78, 5) is 24.3. The molecule has 0 aromatic heterocycles. The van der Waals surface area contributed by atoms with Gasteiger partial charge in [-0.15, -0.1) is 0 Å². The molecule has 4 rings (SSSR count). The molecule has 1 unspecified atom stereocenters. The van der Waals surface area contributed by atoms with Crippen molar-refractivity contribution in [2.75, 3.05) is 10.6 Å². The average molecular weight is 398 g/mol. The van der Waals surface area contributed by atoms with Crippen molar-refractivity contribution in [2.45, 2.75) is 20.0 Å². The van der Waals surface area contributed by atoms with E-state index >= 15 is 0 Å². The molecule has 5 heteroatoms. The van der Waals surface area contributed by atoms with E-state index in [0.717, 1.165) is 32.7 Å². The van der Waals surface area contributed by atoms with E-state index in [-0.39, 0.29) is 5.91 Å². The van der Waals surface area contributed by atoms with E-state index in [1.165, 1.54) is 13.8 Å². The zero-order valence-corrected chi connectivity index (χ0v) is 16.8. The Hall–Kier alpha value is -3.70. The van der Waals surface area contributed by atoms with Crippen LogP contribution in [-0.2, 0) is 9.59 Å². The molecule has 1 atom stereocenters. The Bertz CT molecular complexity index is 1280. The molecular weight excluding hydrogens is 376 g/mol. The third kappa shape index (κ3) is 3.63. The molecule has 0 aliphatic carbocycles. The molecule has 0 heterocycles. The van der Waals surface area contributed by atoms with Crippen molar-refractivity contribution in [3.63, 3.8) is 0 Å². The van der Waals surface area contributed by atoms with Crippen molar-refractivity contribution in [3.05, 3.63) is 72.8 Å². The molecule has 0 radical (unpaired) electrons. The molecule has 0 spiro atoms. The minimum absolute atomic E-state index is 0.179. The van der Waals surface area contributed by atoms with Gasteiger partial charge in [-0.1, -0.05) is 60.7 Å². The van der Waals surface area contributed by atoms with E-state index in [1.807, 2.05) is 72.8 Å². The van der Waals surface area contributed by atoms with Crippen LogP contribution in [0.15, 0.2) is 72.8 Å². The highest BCUT2D eigenvalue weighted by Gasteiger charge is 2.19. The number of benzene rings is 4. The third-order valence-corrected chi connectivity index (χ3v) is 5.06. The first kappa shape index (κ1) is 19.6. The van der Waals surface area contributed by atoms with Crippen molar-refractivity contribution < 1.29 is 14.7 Å². The second-order valence-corrected chi connectivity index (χ2v) is 7.26. The van der Waals surface area contributed by atoms with Gasteiger partial charge >= 0.3 is 0 Å². The lowest BCUT2D eigenvalue weighted by atomic mass is 9.91. The fraction of sp³-hybridized carbons (Fsp3) is 0.120. The van der Waals surface area contributed by atoms with E-state index in [2.05, 4.69) is 10.6 Å². The minimum Gasteiger partial charge on any atom is -0.384 e. The molecule has 3 N–H and O–H groups in total. The number of rotatable bonds is 4. The van der Waals surface area contributed by atoms with Crippen LogP contribution in [0.2, 0.25) is 0 Å². The van der Waals surface area contributed by atoms with Crippen LogP contribution in [0.3, 0.4) is 0 Å². The Morgan fingerprint density at radius 2 is 1.20 bits per heavy atom. The molecule has 2 amide bonds. The maximum Gasteiger partial charge on any atom is 0.252 e. The van der Waals surface area contributed by atoms with Crippen molar-refractivity contribution >= 4 is 44.7 Å². The molecular formula is C25H22N2O3. The van der Waals surface area contributed by atoms with Crippen LogP contribution in [0.5, 0.6) is 0 Å². The van der Waals surface area contributed by atoms with Crippen LogP contribution in [0.25, 0.3) is 32.7 Å². The zero-order valence-electron chi connectivity index (χ0n) is 16.8. The first-order chi connectivity index (χ1) is 14.5. The van der Waals surface area contributed by atoms with E-state index in [9.17, 15) is 14.7 Å². The second-order valence-electron chi connectivity index (χ2n) is 7.26. The highest BCUT2D eigenvalue weighted by Crippen LogP contribution is 2.43. The van der Waals surface area contributed by atoms with Crippen LogP contribution >= 0.6 is 0 Å². The molecule has 0 aliphatic heterocycles. The lowest BCUT2D eigenvalue weighted by Gasteiger charge is -2.20. The number of hydrogen-bond acceptors (Lipinski definition) is 3. The largest absolute Gasteiger partial charge is 0.384 e. The summed E-state index contributed by atoms with van der Waals surface area (Å²) in [6, 6.07) is 23.4. The molecule has 0 saturated heterocycles. The maximum atomic E-state index is 12.3. The normalized spacial score (nSPS) is 12.0. The van der Waals surface area contributed by atoms with Crippen LogP contribution in [-0.4, -0.2) is 23.0 Å². The Morgan fingerprint density at radius 3 is 1.67 bits per heavy atom. The Kier molecular flexibility index (Phi) is 5.21. The fourth-order valence-electron chi connectivity index (χ4n) is 3.72. The van der Waals surface area contributed by atoms with Crippen molar-refractivity contribution in [3.8, 4) is 11.1 Å². The zero-order chi connectivity index (χ0) is 21.3. The summed E-state index contributed by atoms with van der Waals surface area (Å²) in [6.07, 6.45) is -1.15. The molecule has 4 aromatic rings. The molecule has 0 bridgehead atoms. The fourth-order valence-corrected chi connectivity index (χ4v) is 3.72. The van der Waals surface area contributed by atoms with E-state index in [1.54, 1.807) is 0 Å². The van der Waals surface area contributed by atoms with Crippen molar-refractivity contribution in [1.82, 2.24) is 0 Å². The summed E-state index contributed by atoms with van der Waals surface area (Å²) in [7, 11) is 0. The molecule has 0 fully saturated rings. The highest BCUT2D eigenvalue weighted by molar-refractivity contribution is 6.16. The van der Waals surface area contributed by atoms with E-state index < -0.39 is 12.0 Å². The SMILES string of the molecule is CC(=O)Nc1ccc2ccccc2c1-c1c(NC(=O)C(C)O)ccc2ccccc12. The first-order valence-corrected chi connectivity index (χ1v) is 9.76. The average Bonchev–Trinajstić information content (AvgIpc) is 2.73. The summed E-state index contributed by atoms with van der Waals surface area (Å²) in [6.45, 7) is 2.90. The number of aliphatic hydroxyl groups excluding tert-OH is 1. The molecule has 150 valence electrons. The monoisotopic (exact) mass is 398 g/mol. The quantitative estimate of drug-likeness (QED) is 0.456. The highest BCUT2D eigenvalue weighted by atomic mass is 16.3. The van der Waals surface area contributed by atoms with Crippen LogP contribution in [0.1, 0.15) is 13.8 Å². The first-order valence-electron chi connectivity index (χ1n) is 9.76. The predicted molar refractivity (Wildman–Crippen MR) is 122 cm³/mol. The summed E-state index contributed by atoms with van der Waals surface area (Å²) in [5.74, 6) is -0.672. The van der Waals surface area contributed by atoms with Gasteiger partial charge in [-0.2, -0.15) is 0 Å². The Balaban J connectivity index is 2.11. The van der Waals surface area contributed by atoms with E-state index in [4.69, 9.17) is 0 Å². The van der Waals surface area contributed by atoms with Crippen LogP contribution in [0.4, 0.5) is 11.4 Å². The number of hydrogen-bond donors (Lipinski definition) is 3. The number of nitrogens with one attached hydrogen (secondary N) is 2. The minimum atomic E-state index is -1.15. The summed E-state index contributed by atoms with van der Waals surface area (Å²) in [5, 5.41) is 19.4. The topological polar surface area (TPSA) is 78.4 Å². The van der Waals surface area contributed by atoms with Crippen LogP contribution in [0, 0.1) is 0 Å². The van der Waals surface area contributed by atoms with Crippen LogP contribution < -0.4 is 10.6 Å². The second kappa shape index (κ2) is 7.97. The number of carbonyl (C=O) groups excluding carboxylic acids is 2. The van der Waals surface area contributed by atoms with Gasteiger partial charge in [-0.05, 0) is 40.6 Å². The smallest absolute Gasteiger partial charge is 0.252 e. The van der Waals surface area contributed by atoms with Crippen molar-refractivity contribution in [1.29, 1.82) is 0 Å². The van der Waals surface area contributed by atoms with Gasteiger partial charge in [0.25, 0.3) is 5.91 Å². The number of fused-ring (bicyclic) bond motifs is 2. The molecule has 4 aromatic carbocycles. The van der Waals surface area contributed by atoms with Gasteiger partial charge < -0.3 is 15.7 Å². The lowest BCUT2D eigenvalue weighted by molar-refractivity contribution is -0.123. The summed E-state index contributed by atoms with van der Waals surface area (Å²) >= 11 is 0. The maximum absolute atomic E-state index is 12.3. The molecule has 0 saturated carbocycles. The Labute approximate surface area is 174 Å². The van der Waals surface area contributed by atoms with Gasteiger partial charge in [-0.25, -0.2) is 0 Å². The number of amides is 2. The standard InChI is InChI=1S/C25H22N2O3/c1-15(28)25(30)27-22-14-12-18-8-4-6-10-20(18)24(22)23-19-9-5-3-7-17(19)11-13-21(23)26-16(2)29/h3-15,28H,1-2H3,(H,26,29)(H,27,30). The van der Waals surface area contributed by atoms with Gasteiger partial charge in [0.2, 0.25) is 5.91 Å². The van der Waals surface area contributed by atoms with Gasteiger partial charge in [0, 0.05) is 29.4 Å². The van der Waals surface area contributed by atoms with Crippen molar-refractivity contribution in [2.24, 2.45) is 0 Å². The number of aliphatic hydroxyl groups is 1. The van der Waals surface area contributed by atoms with Gasteiger partial charge in [0.05, 0.1) is 0 Å². The van der Waals surface area contributed by atoms with Gasteiger partial charge in [0.1, 0.15) is 6.10 Å². The van der Waals surface area contributed by atoms with E-state index in [0.29, 0.717) is 11.4 Å². The van der Waals surface area contributed by atoms with Gasteiger partial charge in [-0.3, -0.25) is 9.59 Å². The molecule has 5 nitrogen and oxygen atoms in total. The van der Waals surface area contributed by atoms with Gasteiger partial charge in [0.15, 0.2) is 0 Å². The predicted octanol–water partition coefficient (Wildman–Crippen LogP) is 4.94. The summed E-state index contributed by atoms with van der Waals surface area (Å²) < 4.78 is 0. The third-order valence-electron chi connectivity index (χ3n) is 5.06. The summed E-state index contributed by atoms with van der Waals surface area (Å²) in [5.41, 5.74) is 2.84. The number of carbonyl (C=O) groups is 2.